The first kappa shape index (κ1) is 14.9. The van der Waals surface area contributed by atoms with Crippen LogP contribution >= 0.6 is 0 Å². The van der Waals surface area contributed by atoms with Crippen LogP contribution in [0.5, 0.6) is 0 Å². The van der Waals surface area contributed by atoms with E-state index in [1.165, 1.54) is 12.8 Å². The number of carbonyl (C=O) groups is 1. The van der Waals surface area contributed by atoms with Gasteiger partial charge < -0.3 is 16.0 Å². The van der Waals surface area contributed by atoms with Gasteiger partial charge in [0.25, 0.3) is 0 Å². The Bertz CT molecular complexity index is 453. The van der Waals surface area contributed by atoms with E-state index in [-0.39, 0.29) is 6.03 Å². The number of carbonyl (C=O) groups excluding carboxylic acids is 1. The van der Waals surface area contributed by atoms with Crippen molar-refractivity contribution in [2.45, 2.75) is 45.2 Å². The molecule has 1 aromatic carbocycles. The van der Waals surface area contributed by atoms with Crippen LogP contribution in [0.25, 0.3) is 0 Å². The van der Waals surface area contributed by atoms with E-state index in [9.17, 15) is 4.79 Å². The van der Waals surface area contributed by atoms with Gasteiger partial charge in [-0.05, 0) is 49.3 Å². The van der Waals surface area contributed by atoms with Crippen molar-refractivity contribution in [1.82, 2.24) is 4.90 Å². The second-order valence-corrected chi connectivity index (χ2v) is 5.86. The third-order valence-electron chi connectivity index (χ3n) is 4.27. The van der Waals surface area contributed by atoms with Gasteiger partial charge in [-0.1, -0.05) is 19.1 Å². The summed E-state index contributed by atoms with van der Waals surface area (Å²) in [5.41, 5.74) is 7.45. The van der Waals surface area contributed by atoms with Crippen LogP contribution in [0.3, 0.4) is 0 Å². The number of nitrogens with one attached hydrogen (secondary N) is 1. The van der Waals surface area contributed by atoms with Gasteiger partial charge in [-0.15, -0.1) is 0 Å². The van der Waals surface area contributed by atoms with E-state index in [1.807, 2.05) is 36.2 Å². The predicted octanol–water partition coefficient (Wildman–Crippen LogP) is 3.19. The lowest BCUT2D eigenvalue weighted by Crippen LogP contribution is -2.41. The largest absolute Gasteiger partial charge is 0.326 e. The fraction of sp³-hybridized carbons (Fsp3) is 0.562. The summed E-state index contributed by atoms with van der Waals surface area (Å²) in [6, 6.07) is 8.03. The number of nitrogens with two attached hydrogens (primary N) is 1. The second-order valence-electron chi connectivity index (χ2n) is 5.86. The lowest BCUT2D eigenvalue weighted by molar-refractivity contribution is 0.175. The molecule has 1 fully saturated rings. The van der Waals surface area contributed by atoms with Crippen LogP contribution in [0, 0.1) is 5.92 Å². The molecule has 0 aliphatic heterocycles. The van der Waals surface area contributed by atoms with E-state index >= 15 is 0 Å². The Balaban J connectivity index is 1.93. The molecule has 3 N–H and O–H groups in total. The summed E-state index contributed by atoms with van der Waals surface area (Å²) in [6.45, 7) is 2.77. The average molecular weight is 275 g/mol. The lowest BCUT2D eigenvalue weighted by atomic mass is 9.87. The molecule has 0 heterocycles. The van der Waals surface area contributed by atoms with Crippen molar-refractivity contribution in [3.63, 3.8) is 0 Å². The molecule has 0 saturated heterocycles. The van der Waals surface area contributed by atoms with Crippen LogP contribution in [0.4, 0.5) is 10.5 Å². The topological polar surface area (TPSA) is 58.4 Å². The quantitative estimate of drug-likeness (QED) is 0.890. The van der Waals surface area contributed by atoms with Crippen LogP contribution in [0.15, 0.2) is 24.3 Å². The fourth-order valence-electron chi connectivity index (χ4n) is 2.78. The third kappa shape index (κ3) is 3.73. The smallest absolute Gasteiger partial charge is 0.321 e. The van der Waals surface area contributed by atoms with Crippen LogP contribution in [0.2, 0.25) is 0 Å². The number of nitrogens with zero attached hydrogens (tertiary/aromatic N) is 1. The monoisotopic (exact) mass is 275 g/mol. The van der Waals surface area contributed by atoms with Gasteiger partial charge in [0.05, 0.1) is 0 Å². The highest BCUT2D eigenvalue weighted by molar-refractivity contribution is 5.89. The van der Waals surface area contributed by atoms with Crippen molar-refractivity contribution in [2.24, 2.45) is 11.7 Å². The maximum Gasteiger partial charge on any atom is 0.321 e. The number of rotatable bonds is 3. The Morgan fingerprint density at radius 2 is 2.05 bits per heavy atom. The minimum absolute atomic E-state index is 0.0290. The van der Waals surface area contributed by atoms with Gasteiger partial charge in [0, 0.05) is 25.3 Å². The highest BCUT2D eigenvalue weighted by atomic mass is 16.2. The molecule has 0 bridgehead atoms. The van der Waals surface area contributed by atoms with Crippen molar-refractivity contribution < 1.29 is 4.79 Å². The highest BCUT2D eigenvalue weighted by Crippen LogP contribution is 2.26. The number of amides is 2. The van der Waals surface area contributed by atoms with E-state index < -0.39 is 0 Å². The summed E-state index contributed by atoms with van der Waals surface area (Å²) in [6.07, 6.45) is 4.64. The standard InChI is InChI=1S/C16H25N3O/c1-12-6-8-15(9-7-12)19(2)16(20)18-14-5-3-4-13(10-14)11-17/h3-5,10,12,15H,6-9,11,17H2,1-2H3,(H,18,20). The first-order chi connectivity index (χ1) is 9.60. The fourth-order valence-corrected chi connectivity index (χ4v) is 2.78. The lowest BCUT2D eigenvalue weighted by Gasteiger charge is -2.33. The van der Waals surface area contributed by atoms with Crippen molar-refractivity contribution in [3.05, 3.63) is 29.8 Å². The van der Waals surface area contributed by atoms with Gasteiger partial charge in [-0.25, -0.2) is 4.79 Å². The Morgan fingerprint density at radius 3 is 2.70 bits per heavy atom. The SMILES string of the molecule is CC1CCC(N(C)C(=O)Nc2cccc(CN)c2)CC1. The molecule has 1 saturated carbocycles. The average Bonchev–Trinajstić information content (AvgIpc) is 2.47. The van der Waals surface area contributed by atoms with E-state index in [4.69, 9.17) is 5.73 Å². The molecule has 0 radical (unpaired) electrons. The minimum atomic E-state index is -0.0290. The van der Waals surface area contributed by atoms with Crippen LogP contribution in [-0.4, -0.2) is 24.0 Å². The maximum absolute atomic E-state index is 12.3. The molecule has 2 rings (SSSR count). The third-order valence-corrected chi connectivity index (χ3v) is 4.27. The second kappa shape index (κ2) is 6.75. The zero-order chi connectivity index (χ0) is 14.5. The predicted molar refractivity (Wildman–Crippen MR) is 82.5 cm³/mol. The molecule has 4 heteroatoms. The van der Waals surface area contributed by atoms with E-state index in [0.29, 0.717) is 12.6 Å². The molecule has 1 aromatic rings. The Labute approximate surface area is 121 Å². The minimum Gasteiger partial charge on any atom is -0.326 e. The molecule has 0 unspecified atom stereocenters. The van der Waals surface area contributed by atoms with E-state index in [0.717, 1.165) is 30.0 Å². The van der Waals surface area contributed by atoms with Gasteiger partial charge in [-0.3, -0.25) is 0 Å². The Morgan fingerprint density at radius 1 is 1.35 bits per heavy atom. The normalized spacial score (nSPS) is 22.4. The molecule has 1 aliphatic carbocycles. The van der Waals surface area contributed by atoms with E-state index in [1.54, 1.807) is 0 Å². The van der Waals surface area contributed by atoms with Crippen molar-refractivity contribution in [2.75, 3.05) is 12.4 Å². The number of anilines is 1. The molecule has 2 amide bonds. The molecule has 1 aliphatic rings. The summed E-state index contributed by atoms with van der Waals surface area (Å²) in [4.78, 5) is 14.1. The number of urea groups is 1. The van der Waals surface area contributed by atoms with Crippen LogP contribution < -0.4 is 11.1 Å². The van der Waals surface area contributed by atoms with Crippen LogP contribution in [0.1, 0.15) is 38.2 Å². The molecule has 4 nitrogen and oxygen atoms in total. The summed E-state index contributed by atoms with van der Waals surface area (Å²) < 4.78 is 0. The Kier molecular flexibility index (Phi) is 5.01. The van der Waals surface area contributed by atoms with Gasteiger partial charge in [0.15, 0.2) is 0 Å². The van der Waals surface area contributed by atoms with Crippen molar-refractivity contribution in [3.8, 4) is 0 Å². The van der Waals surface area contributed by atoms with E-state index in [2.05, 4.69) is 12.2 Å². The summed E-state index contributed by atoms with van der Waals surface area (Å²) in [5.74, 6) is 0.795. The van der Waals surface area contributed by atoms with Gasteiger partial charge in [0.2, 0.25) is 0 Å². The number of hydrogen-bond acceptors (Lipinski definition) is 2. The van der Waals surface area contributed by atoms with Gasteiger partial charge in [-0.2, -0.15) is 0 Å². The molecule has 110 valence electrons. The molecular formula is C16H25N3O. The zero-order valence-corrected chi connectivity index (χ0v) is 12.4. The van der Waals surface area contributed by atoms with Crippen molar-refractivity contribution in [1.29, 1.82) is 0 Å². The van der Waals surface area contributed by atoms with Crippen LogP contribution in [-0.2, 0) is 6.54 Å². The maximum atomic E-state index is 12.3. The molecule has 0 aromatic heterocycles. The first-order valence-electron chi connectivity index (χ1n) is 7.43. The molecule has 0 spiro atoms. The summed E-state index contributed by atoms with van der Waals surface area (Å²) in [5, 5.41) is 2.96. The summed E-state index contributed by atoms with van der Waals surface area (Å²) in [7, 11) is 1.89. The molecule has 0 atom stereocenters. The van der Waals surface area contributed by atoms with Crippen molar-refractivity contribution >= 4 is 11.7 Å². The zero-order valence-electron chi connectivity index (χ0n) is 12.4. The number of hydrogen-bond donors (Lipinski definition) is 2. The summed E-state index contributed by atoms with van der Waals surface area (Å²) >= 11 is 0. The number of benzene rings is 1. The van der Waals surface area contributed by atoms with Gasteiger partial charge >= 0.3 is 6.03 Å². The molecular weight excluding hydrogens is 250 g/mol. The van der Waals surface area contributed by atoms with Gasteiger partial charge in [0.1, 0.15) is 0 Å². The molecule has 20 heavy (non-hydrogen) atoms. The highest BCUT2D eigenvalue weighted by Gasteiger charge is 2.24. The Hall–Kier alpha value is -1.55. The first-order valence-corrected chi connectivity index (χ1v) is 7.43.